The van der Waals surface area contributed by atoms with Gasteiger partial charge in [-0.15, -0.1) is 20.6 Å². The largest absolute Gasteiger partial charge is 0.462 e. The number of benzene rings is 2. The van der Waals surface area contributed by atoms with Crippen molar-refractivity contribution >= 4 is 48.6 Å². The van der Waals surface area contributed by atoms with E-state index in [2.05, 4.69) is 9.24 Å². The zero-order chi connectivity index (χ0) is 25.7. The molecule has 0 aliphatic rings. The van der Waals surface area contributed by atoms with E-state index in [9.17, 15) is 24.1 Å². The van der Waals surface area contributed by atoms with Gasteiger partial charge < -0.3 is 9.47 Å². The van der Waals surface area contributed by atoms with E-state index in [1.165, 1.54) is 23.1 Å². The van der Waals surface area contributed by atoms with Crippen molar-refractivity contribution in [1.82, 2.24) is 0 Å². The highest BCUT2D eigenvalue weighted by atomic mass is 32.1. The van der Waals surface area contributed by atoms with E-state index in [1.807, 2.05) is 0 Å². The highest BCUT2D eigenvalue weighted by Gasteiger charge is 2.31. The summed E-state index contributed by atoms with van der Waals surface area (Å²) in [5.74, 6) is -1.15. The molecule has 8 nitrogen and oxygen atoms in total. The van der Waals surface area contributed by atoms with E-state index >= 15 is 0 Å². The molecule has 0 N–H and O–H groups in total. The Bertz CT molecular complexity index is 1240. The Morgan fingerprint density at radius 1 is 1.11 bits per heavy atom. The number of carbonyl (C=O) groups is 2. The molecule has 11 heteroatoms. The summed E-state index contributed by atoms with van der Waals surface area (Å²) < 4.78 is 25.2. The maximum Gasteiger partial charge on any atom is 0.415 e. The van der Waals surface area contributed by atoms with E-state index < -0.39 is 22.8 Å². The molecule has 0 aliphatic carbocycles. The van der Waals surface area contributed by atoms with Crippen molar-refractivity contribution in [2.45, 2.75) is 27.3 Å². The third-order valence-corrected chi connectivity index (χ3v) is 7.06. The molecular formula is C24H24FN2O6PS. The molecule has 0 radical (unpaired) electrons. The van der Waals surface area contributed by atoms with E-state index in [4.69, 9.17) is 9.47 Å². The fourth-order valence-corrected chi connectivity index (χ4v) is 5.09. The second-order valence-corrected chi connectivity index (χ2v) is 8.97. The first kappa shape index (κ1) is 26.2. The number of nitro groups is 1. The van der Waals surface area contributed by atoms with Crippen molar-refractivity contribution in [3.05, 3.63) is 75.1 Å². The lowest BCUT2D eigenvalue weighted by Crippen LogP contribution is -2.33. The van der Waals surface area contributed by atoms with Crippen LogP contribution in [-0.4, -0.2) is 30.2 Å². The summed E-state index contributed by atoms with van der Waals surface area (Å²) in [5.41, 5.74) is 1.49. The number of hydrogen-bond donors (Lipinski definition) is 0. The van der Waals surface area contributed by atoms with Crippen molar-refractivity contribution in [2.24, 2.45) is 0 Å². The maximum absolute atomic E-state index is 14.7. The van der Waals surface area contributed by atoms with E-state index in [0.717, 1.165) is 11.3 Å². The standard InChI is InChI=1S/C24H24FN2O6PS/c1-4-32-23(28)20-14(3)21(15-9-11-16(12-10-15)27(30)31)35-22(20)26(24(29)33-5-2)13-17-18(25)7-6-8-19(17)34/h6-12H,4-5,13,34H2,1-3H3. The fourth-order valence-electron chi connectivity index (χ4n) is 3.46. The molecule has 1 atom stereocenters. The number of rotatable bonds is 8. The summed E-state index contributed by atoms with van der Waals surface area (Å²) in [4.78, 5) is 38.4. The van der Waals surface area contributed by atoms with E-state index in [1.54, 1.807) is 45.0 Å². The number of nitro benzene ring substituents is 1. The van der Waals surface area contributed by atoms with Crippen molar-refractivity contribution in [3.63, 3.8) is 0 Å². The molecule has 35 heavy (non-hydrogen) atoms. The Balaban J connectivity index is 2.20. The van der Waals surface area contributed by atoms with Gasteiger partial charge in [0.15, 0.2) is 0 Å². The molecule has 0 spiro atoms. The van der Waals surface area contributed by atoms with Crippen LogP contribution in [-0.2, 0) is 16.0 Å². The Morgan fingerprint density at radius 3 is 2.34 bits per heavy atom. The number of ether oxygens (including phenoxy) is 2. The number of amides is 1. The SMILES string of the molecule is CCOC(=O)c1c(N(Cc2c(F)cccc2P)C(=O)OCC)sc(-c2ccc([N+](=O)[O-])cc2)c1C. The van der Waals surface area contributed by atoms with Crippen LogP contribution >= 0.6 is 20.6 Å². The molecular weight excluding hydrogens is 494 g/mol. The Morgan fingerprint density at radius 2 is 1.77 bits per heavy atom. The van der Waals surface area contributed by atoms with Crippen LogP contribution in [0, 0.1) is 22.9 Å². The van der Waals surface area contributed by atoms with Gasteiger partial charge in [-0.05, 0) is 55.4 Å². The molecule has 1 amide bonds. The topological polar surface area (TPSA) is 99.0 Å². The van der Waals surface area contributed by atoms with Crippen LogP contribution in [0.3, 0.4) is 0 Å². The van der Waals surface area contributed by atoms with Crippen LogP contribution in [0.25, 0.3) is 10.4 Å². The van der Waals surface area contributed by atoms with Crippen molar-refractivity contribution in [2.75, 3.05) is 18.1 Å². The van der Waals surface area contributed by atoms with Crippen LogP contribution in [0.5, 0.6) is 0 Å². The summed E-state index contributed by atoms with van der Waals surface area (Å²) >= 11 is 1.13. The second kappa shape index (κ2) is 11.4. The second-order valence-electron chi connectivity index (χ2n) is 7.35. The van der Waals surface area contributed by atoms with Gasteiger partial charge in [-0.1, -0.05) is 12.1 Å². The van der Waals surface area contributed by atoms with Crippen LogP contribution in [0.2, 0.25) is 0 Å². The molecule has 2 aromatic carbocycles. The number of anilines is 1. The van der Waals surface area contributed by atoms with Crippen LogP contribution in [0.4, 0.5) is 19.9 Å². The molecule has 184 valence electrons. The van der Waals surface area contributed by atoms with Crippen LogP contribution in [0.15, 0.2) is 42.5 Å². The third-order valence-electron chi connectivity index (χ3n) is 5.15. The Kier molecular flexibility index (Phi) is 8.53. The molecule has 0 saturated heterocycles. The minimum atomic E-state index is -0.748. The van der Waals surface area contributed by atoms with Gasteiger partial charge in [0.1, 0.15) is 10.8 Å². The van der Waals surface area contributed by atoms with Crippen LogP contribution in [0.1, 0.15) is 35.3 Å². The highest BCUT2D eigenvalue weighted by Crippen LogP contribution is 2.43. The molecule has 1 unspecified atom stereocenters. The molecule has 0 fully saturated rings. The maximum atomic E-state index is 14.7. The number of nitrogens with zero attached hydrogens (tertiary/aromatic N) is 2. The predicted octanol–water partition coefficient (Wildman–Crippen LogP) is 5.61. The predicted molar refractivity (Wildman–Crippen MR) is 136 cm³/mol. The van der Waals surface area contributed by atoms with Crippen molar-refractivity contribution in [1.29, 1.82) is 0 Å². The Labute approximate surface area is 208 Å². The first-order valence-electron chi connectivity index (χ1n) is 10.7. The molecule has 0 aliphatic heterocycles. The fraction of sp³-hybridized carbons (Fsp3) is 0.250. The quantitative estimate of drug-likeness (QED) is 0.166. The summed E-state index contributed by atoms with van der Waals surface area (Å²) in [6.07, 6.45) is -0.748. The lowest BCUT2D eigenvalue weighted by Gasteiger charge is -2.23. The molecule has 3 rings (SSSR count). The monoisotopic (exact) mass is 518 g/mol. The molecule has 0 saturated carbocycles. The molecule has 0 bridgehead atoms. The van der Waals surface area contributed by atoms with Crippen molar-refractivity contribution < 1.29 is 28.4 Å². The number of esters is 1. The zero-order valence-corrected chi connectivity index (χ0v) is 21.3. The van der Waals surface area contributed by atoms with Gasteiger partial charge in [-0.3, -0.25) is 15.0 Å². The summed E-state index contributed by atoms with van der Waals surface area (Å²) in [5, 5.41) is 11.8. The summed E-state index contributed by atoms with van der Waals surface area (Å²) in [7, 11) is 2.44. The average Bonchev–Trinajstić information content (AvgIpc) is 3.16. The van der Waals surface area contributed by atoms with Gasteiger partial charge in [0.05, 0.1) is 30.2 Å². The van der Waals surface area contributed by atoms with Gasteiger partial charge in [0.2, 0.25) is 0 Å². The van der Waals surface area contributed by atoms with Crippen LogP contribution < -0.4 is 10.2 Å². The molecule has 1 heterocycles. The van der Waals surface area contributed by atoms with Gasteiger partial charge in [-0.2, -0.15) is 0 Å². The number of hydrogen-bond acceptors (Lipinski definition) is 7. The summed E-state index contributed by atoms with van der Waals surface area (Å²) in [6, 6.07) is 10.4. The highest BCUT2D eigenvalue weighted by molar-refractivity contribution is 7.27. The van der Waals surface area contributed by atoms with Gasteiger partial charge in [-0.25, -0.2) is 14.0 Å². The van der Waals surface area contributed by atoms with Gasteiger partial charge >= 0.3 is 12.1 Å². The average molecular weight is 519 g/mol. The summed E-state index contributed by atoms with van der Waals surface area (Å²) in [6.45, 7) is 5.03. The first-order chi connectivity index (χ1) is 16.7. The number of carbonyl (C=O) groups excluding carboxylic acids is 2. The molecule has 3 aromatic rings. The lowest BCUT2D eigenvalue weighted by molar-refractivity contribution is -0.384. The Hall–Kier alpha value is -3.36. The zero-order valence-electron chi connectivity index (χ0n) is 19.4. The van der Waals surface area contributed by atoms with Crippen molar-refractivity contribution in [3.8, 4) is 10.4 Å². The smallest absolute Gasteiger partial charge is 0.415 e. The number of non-ortho nitro benzene ring substituents is 1. The lowest BCUT2D eigenvalue weighted by atomic mass is 10.1. The number of thiophene rings is 1. The van der Waals surface area contributed by atoms with E-state index in [-0.39, 0.29) is 41.6 Å². The third kappa shape index (κ3) is 5.66. The first-order valence-corrected chi connectivity index (χ1v) is 12.1. The van der Waals surface area contributed by atoms with E-state index in [0.29, 0.717) is 21.3 Å². The van der Waals surface area contributed by atoms with Gasteiger partial charge in [0, 0.05) is 22.6 Å². The minimum absolute atomic E-state index is 0.0746. The number of halogens is 1. The molecule has 1 aromatic heterocycles. The van der Waals surface area contributed by atoms with Gasteiger partial charge in [0.25, 0.3) is 5.69 Å². The minimum Gasteiger partial charge on any atom is -0.462 e. The normalized spacial score (nSPS) is 10.7.